The lowest BCUT2D eigenvalue weighted by Crippen LogP contribution is -2.46. The second kappa shape index (κ2) is 9.24. The Morgan fingerprint density at radius 2 is 1.81 bits per heavy atom. The van der Waals surface area contributed by atoms with Crippen LogP contribution in [0.4, 0.5) is 14.6 Å². The van der Waals surface area contributed by atoms with Crippen LogP contribution in [-0.4, -0.2) is 46.4 Å². The van der Waals surface area contributed by atoms with Crippen LogP contribution in [-0.2, 0) is 16.1 Å². The molecule has 10 heteroatoms. The Hall–Kier alpha value is -3.40. The zero-order valence-corrected chi connectivity index (χ0v) is 19.8. The first-order chi connectivity index (χ1) is 17.5. The van der Waals surface area contributed by atoms with Crippen LogP contribution in [0.2, 0.25) is 0 Å². The molecule has 36 heavy (non-hydrogen) atoms. The third-order valence-corrected chi connectivity index (χ3v) is 7.42. The minimum absolute atomic E-state index is 0.0127. The average molecular weight is 497 g/mol. The lowest BCUT2D eigenvalue weighted by Gasteiger charge is -2.39. The standard InChI is InChI=1S/C26H26F2N4O4/c1-34-26(33)21-11-30-22(12-29-21)32-15-7-8-16(32)10-17(9-15)35-13-18-24(31-36-25(18)14-5-6-14)23-19(27)3-2-4-20(23)28/h2-4,11-12,14-17H,5-10,13H2,1H3. The molecule has 3 aromatic rings. The zero-order chi connectivity index (χ0) is 24.8. The zero-order valence-electron chi connectivity index (χ0n) is 19.8. The Kier molecular flexibility index (Phi) is 5.91. The van der Waals surface area contributed by atoms with Crippen molar-refractivity contribution in [1.82, 2.24) is 15.1 Å². The Morgan fingerprint density at radius 1 is 1.08 bits per heavy atom. The van der Waals surface area contributed by atoms with Crippen molar-refractivity contribution in [3.05, 3.63) is 59.2 Å². The largest absolute Gasteiger partial charge is 0.464 e. The van der Waals surface area contributed by atoms with E-state index >= 15 is 0 Å². The molecule has 0 N–H and O–H groups in total. The molecule has 0 spiro atoms. The number of aromatic nitrogens is 3. The number of nitrogens with zero attached hydrogens (tertiary/aromatic N) is 4. The number of anilines is 1. The quantitative estimate of drug-likeness (QED) is 0.431. The van der Waals surface area contributed by atoms with Gasteiger partial charge in [0, 0.05) is 23.6 Å². The molecule has 3 aliphatic rings. The predicted octanol–water partition coefficient (Wildman–Crippen LogP) is 4.79. The summed E-state index contributed by atoms with van der Waals surface area (Å²) in [5.74, 6) is -0.215. The fraction of sp³-hybridized carbons (Fsp3) is 0.462. The number of esters is 1. The number of halogens is 2. The second-order valence-corrected chi connectivity index (χ2v) is 9.69. The van der Waals surface area contributed by atoms with Gasteiger partial charge in [0.15, 0.2) is 5.69 Å². The van der Waals surface area contributed by atoms with Gasteiger partial charge in [-0.05, 0) is 50.7 Å². The second-order valence-electron chi connectivity index (χ2n) is 9.69. The molecule has 0 radical (unpaired) electrons. The number of carbonyl (C=O) groups is 1. The maximum atomic E-state index is 14.5. The molecule has 2 aromatic heterocycles. The number of ether oxygens (including phenoxy) is 2. The number of fused-ring (bicyclic) bond motifs is 2. The number of hydrogen-bond donors (Lipinski definition) is 0. The molecule has 2 atom stereocenters. The third-order valence-electron chi connectivity index (χ3n) is 7.42. The maximum Gasteiger partial charge on any atom is 0.358 e. The Balaban J connectivity index is 1.18. The molecular formula is C26H26F2N4O4. The molecule has 3 fully saturated rings. The van der Waals surface area contributed by atoms with Gasteiger partial charge in [0.05, 0.1) is 37.8 Å². The first-order valence-electron chi connectivity index (χ1n) is 12.3. The third kappa shape index (κ3) is 4.13. The summed E-state index contributed by atoms with van der Waals surface area (Å²) >= 11 is 0. The molecular weight excluding hydrogens is 470 g/mol. The van der Waals surface area contributed by atoms with Crippen LogP contribution in [0, 0.1) is 11.6 Å². The van der Waals surface area contributed by atoms with Crippen LogP contribution < -0.4 is 4.90 Å². The Labute approximate surface area is 206 Å². The number of hydrogen-bond acceptors (Lipinski definition) is 8. The van der Waals surface area contributed by atoms with E-state index in [0.717, 1.165) is 44.3 Å². The summed E-state index contributed by atoms with van der Waals surface area (Å²) in [6.45, 7) is 0.191. The highest BCUT2D eigenvalue weighted by Crippen LogP contribution is 2.45. The van der Waals surface area contributed by atoms with Crippen molar-refractivity contribution in [2.24, 2.45) is 0 Å². The average Bonchev–Trinajstić information content (AvgIpc) is 3.59. The van der Waals surface area contributed by atoms with Gasteiger partial charge in [0.1, 0.15) is 28.9 Å². The molecule has 1 saturated carbocycles. The van der Waals surface area contributed by atoms with Gasteiger partial charge in [-0.25, -0.2) is 23.5 Å². The van der Waals surface area contributed by atoms with Gasteiger partial charge in [-0.2, -0.15) is 0 Å². The number of piperidine rings is 1. The van der Waals surface area contributed by atoms with Crippen molar-refractivity contribution in [2.75, 3.05) is 12.0 Å². The van der Waals surface area contributed by atoms with E-state index in [0.29, 0.717) is 11.3 Å². The topological polar surface area (TPSA) is 90.6 Å². The molecule has 2 unspecified atom stereocenters. The van der Waals surface area contributed by atoms with Crippen LogP contribution in [0.25, 0.3) is 11.3 Å². The van der Waals surface area contributed by atoms with Crippen molar-refractivity contribution < 1.29 is 27.6 Å². The minimum atomic E-state index is -0.669. The van der Waals surface area contributed by atoms with Crippen LogP contribution in [0.3, 0.4) is 0 Å². The molecule has 1 aliphatic carbocycles. The lowest BCUT2D eigenvalue weighted by molar-refractivity contribution is 0.0145. The molecule has 8 nitrogen and oxygen atoms in total. The maximum absolute atomic E-state index is 14.5. The fourth-order valence-electron chi connectivity index (χ4n) is 5.55. The summed E-state index contributed by atoms with van der Waals surface area (Å²) in [4.78, 5) is 22.6. The van der Waals surface area contributed by atoms with E-state index in [9.17, 15) is 13.6 Å². The summed E-state index contributed by atoms with van der Waals surface area (Å²) in [5, 5.41) is 4.06. The van der Waals surface area contributed by atoms with Gasteiger partial charge in [0.25, 0.3) is 0 Å². The first kappa shape index (κ1) is 23.0. The fourth-order valence-corrected chi connectivity index (χ4v) is 5.55. The summed E-state index contributed by atoms with van der Waals surface area (Å²) in [7, 11) is 1.31. The lowest BCUT2D eigenvalue weighted by atomic mass is 9.99. The molecule has 2 aliphatic heterocycles. The van der Waals surface area contributed by atoms with Gasteiger partial charge < -0.3 is 18.9 Å². The molecule has 4 heterocycles. The van der Waals surface area contributed by atoms with E-state index in [1.807, 2.05) is 0 Å². The molecule has 2 bridgehead atoms. The minimum Gasteiger partial charge on any atom is -0.464 e. The van der Waals surface area contributed by atoms with E-state index in [-0.39, 0.29) is 47.7 Å². The van der Waals surface area contributed by atoms with E-state index in [2.05, 4.69) is 20.0 Å². The number of carbonyl (C=O) groups excluding carboxylic acids is 1. The Bertz CT molecular complexity index is 1240. The van der Waals surface area contributed by atoms with Crippen molar-refractivity contribution in [3.63, 3.8) is 0 Å². The van der Waals surface area contributed by atoms with Crippen molar-refractivity contribution in [2.45, 2.75) is 69.2 Å². The highest BCUT2D eigenvalue weighted by Gasteiger charge is 2.42. The van der Waals surface area contributed by atoms with E-state index in [4.69, 9.17) is 14.0 Å². The van der Waals surface area contributed by atoms with E-state index < -0.39 is 17.6 Å². The number of methoxy groups -OCH3 is 1. The van der Waals surface area contributed by atoms with Gasteiger partial charge in [-0.15, -0.1) is 0 Å². The summed E-state index contributed by atoms with van der Waals surface area (Å²) in [6, 6.07) is 4.26. The molecule has 2 saturated heterocycles. The van der Waals surface area contributed by atoms with E-state index in [1.165, 1.54) is 31.5 Å². The van der Waals surface area contributed by atoms with Crippen LogP contribution >= 0.6 is 0 Å². The highest BCUT2D eigenvalue weighted by molar-refractivity contribution is 5.86. The van der Waals surface area contributed by atoms with Crippen molar-refractivity contribution in [3.8, 4) is 11.3 Å². The van der Waals surface area contributed by atoms with Crippen molar-refractivity contribution >= 4 is 11.8 Å². The molecule has 6 rings (SSSR count). The number of benzene rings is 1. The van der Waals surface area contributed by atoms with Crippen LogP contribution in [0.1, 0.15) is 66.3 Å². The Morgan fingerprint density at radius 3 is 2.42 bits per heavy atom. The van der Waals surface area contributed by atoms with Crippen LogP contribution in [0.5, 0.6) is 0 Å². The summed E-state index contributed by atoms with van der Waals surface area (Å²) in [5.41, 5.74) is 0.833. The molecule has 188 valence electrons. The summed E-state index contributed by atoms with van der Waals surface area (Å²) in [6.07, 6.45) is 8.61. The van der Waals surface area contributed by atoms with Gasteiger partial charge in [0.2, 0.25) is 0 Å². The molecule has 1 aromatic carbocycles. The number of rotatable bonds is 7. The van der Waals surface area contributed by atoms with Gasteiger partial charge >= 0.3 is 5.97 Å². The van der Waals surface area contributed by atoms with Crippen molar-refractivity contribution in [1.29, 1.82) is 0 Å². The molecule has 0 amide bonds. The monoisotopic (exact) mass is 496 g/mol. The first-order valence-corrected chi connectivity index (χ1v) is 12.3. The smallest absolute Gasteiger partial charge is 0.358 e. The normalized spacial score (nSPS) is 23.2. The van der Waals surface area contributed by atoms with Gasteiger partial charge in [-0.3, -0.25) is 0 Å². The highest BCUT2D eigenvalue weighted by atomic mass is 19.1. The van der Waals surface area contributed by atoms with E-state index in [1.54, 1.807) is 6.20 Å². The SMILES string of the molecule is COC(=O)c1cnc(N2C3CCC2CC(OCc2c(-c4c(F)cccc4F)noc2C2CC2)C3)cn1. The van der Waals surface area contributed by atoms with Crippen LogP contribution in [0.15, 0.2) is 35.1 Å². The summed E-state index contributed by atoms with van der Waals surface area (Å²) < 4.78 is 45.7. The van der Waals surface area contributed by atoms with Gasteiger partial charge in [-0.1, -0.05) is 11.2 Å². The predicted molar refractivity (Wildman–Crippen MR) is 124 cm³/mol.